The molecule has 0 spiro atoms. The highest BCUT2D eigenvalue weighted by Crippen LogP contribution is 2.30. The van der Waals surface area contributed by atoms with Crippen LogP contribution in [-0.2, 0) is 0 Å². The first-order chi connectivity index (χ1) is 6.94. The van der Waals surface area contributed by atoms with Gasteiger partial charge in [0.15, 0.2) is 5.13 Å². The standard InChI is InChI=1S/C8H5F3N2OS.ClH/c9-8(10,11)14-4-1-2-5-6(3-4)15-7(12)13-5;/h1-3H,(H2,12,13);1H. The molecule has 0 saturated carbocycles. The van der Waals surface area contributed by atoms with Crippen LogP contribution < -0.4 is 10.5 Å². The number of aromatic nitrogens is 1. The molecule has 0 fully saturated rings. The number of alkyl halides is 3. The van der Waals surface area contributed by atoms with Gasteiger partial charge in [-0.1, -0.05) is 11.3 Å². The molecule has 0 atom stereocenters. The molecule has 0 aliphatic carbocycles. The number of hydrogen-bond acceptors (Lipinski definition) is 4. The van der Waals surface area contributed by atoms with Crippen LogP contribution in [0.15, 0.2) is 18.2 Å². The fourth-order valence-corrected chi connectivity index (χ4v) is 1.88. The minimum Gasteiger partial charge on any atom is -0.406 e. The second-order valence-electron chi connectivity index (χ2n) is 2.73. The van der Waals surface area contributed by atoms with Gasteiger partial charge in [0.2, 0.25) is 0 Å². The van der Waals surface area contributed by atoms with Crippen molar-refractivity contribution < 1.29 is 17.9 Å². The molecule has 2 rings (SSSR count). The Kier molecular flexibility index (Phi) is 3.49. The van der Waals surface area contributed by atoms with Crippen molar-refractivity contribution in [1.82, 2.24) is 4.98 Å². The van der Waals surface area contributed by atoms with E-state index in [4.69, 9.17) is 5.73 Å². The number of benzene rings is 1. The average molecular weight is 271 g/mol. The summed E-state index contributed by atoms with van der Waals surface area (Å²) in [6.07, 6.45) is -4.68. The molecule has 0 aliphatic heterocycles. The lowest BCUT2D eigenvalue weighted by molar-refractivity contribution is -0.274. The summed E-state index contributed by atoms with van der Waals surface area (Å²) in [6, 6.07) is 3.90. The van der Waals surface area contributed by atoms with Gasteiger partial charge in [-0.2, -0.15) is 0 Å². The van der Waals surface area contributed by atoms with E-state index in [1.807, 2.05) is 0 Å². The highest BCUT2D eigenvalue weighted by atomic mass is 35.5. The van der Waals surface area contributed by atoms with Crippen molar-refractivity contribution in [1.29, 1.82) is 0 Å². The van der Waals surface area contributed by atoms with Crippen LogP contribution in [0.1, 0.15) is 0 Å². The van der Waals surface area contributed by atoms with E-state index < -0.39 is 6.36 Å². The molecule has 2 N–H and O–H groups in total. The topological polar surface area (TPSA) is 48.1 Å². The Labute approximate surface area is 98.4 Å². The van der Waals surface area contributed by atoms with Gasteiger partial charge in [0, 0.05) is 6.07 Å². The number of nitrogens with two attached hydrogens (primary N) is 1. The molecule has 0 saturated heterocycles. The minimum absolute atomic E-state index is 0. The van der Waals surface area contributed by atoms with Gasteiger partial charge in [-0.15, -0.1) is 25.6 Å². The van der Waals surface area contributed by atoms with Gasteiger partial charge in [-0.25, -0.2) is 4.98 Å². The van der Waals surface area contributed by atoms with E-state index >= 15 is 0 Å². The second kappa shape index (κ2) is 4.34. The van der Waals surface area contributed by atoms with Gasteiger partial charge in [-0.05, 0) is 12.1 Å². The van der Waals surface area contributed by atoms with Crippen LogP contribution in [0.5, 0.6) is 5.75 Å². The number of hydrogen-bond donors (Lipinski definition) is 1. The summed E-state index contributed by atoms with van der Waals surface area (Å²) < 4.78 is 40.0. The van der Waals surface area contributed by atoms with E-state index in [2.05, 4.69) is 9.72 Å². The molecule has 0 aliphatic rings. The molecule has 2 aromatic rings. The predicted octanol–water partition coefficient (Wildman–Crippen LogP) is 3.20. The zero-order chi connectivity index (χ0) is 11.1. The summed E-state index contributed by atoms with van der Waals surface area (Å²) in [5.74, 6) is -0.265. The summed E-state index contributed by atoms with van der Waals surface area (Å²) >= 11 is 1.11. The number of anilines is 1. The summed E-state index contributed by atoms with van der Waals surface area (Å²) in [5, 5.41) is 0.314. The molecule has 0 radical (unpaired) electrons. The lowest BCUT2D eigenvalue weighted by Gasteiger charge is -2.07. The van der Waals surface area contributed by atoms with E-state index in [-0.39, 0.29) is 18.2 Å². The maximum absolute atomic E-state index is 11.9. The van der Waals surface area contributed by atoms with Crippen molar-refractivity contribution in [2.24, 2.45) is 0 Å². The molecular formula is C8H6ClF3N2OS. The highest BCUT2D eigenvalue weighted by Gasteiger charge is 2.31. The van der Waals surface area contributed by atoms with Crippen molar-refractivity contribution in [3.8, 4) is 5.75 Å². The average Bonchev–Trinajstić information content (AvgIpc) is 2.40. The first-order valence-corrected chi connectivity index (χ1v) is 4.67. The van der Waals surface area contributed by atoms with E-state index in [1.165, 1.54) is 18.2 Å². The molecule has 0 amide bonds. The molecule has 1 aromatic carbocycles. The SMILES string of the molecule is Cl.Nc1nc2ccc(OC(F)(F)F)cc2s1. The monoisotopic (exact) mass is 270 g/mol. The van der Waals surface area contributed by atoms with Crippen molar-refractivity contribution >= 4 is 39.1 Å². The maximum Gasteiger partial charge on any atom is 0.573 e. The quantitative estimate of drug-likeness (QED) is 0.866. The third kappa shape index (κ3) is 2.89. The Balaban J connectivity index is 0.00000128. The molecule has 0 bridgehead atoms. The van der Waals surface area contributed by atoms with Gasteiger partial charge in [0.1, 0.15) is 5.75 Å². The Morgan fingerprint density at radius 2 is 2.00 bits per heavy atom. The van der Waals surface area contributed by atoms with Gasteiger partial charge in [0.05, 0.1) is 10.2 Å². The normalized spacial score (nSPS) is 11.2. The van der Waals surface area contributed by atoms with Gasteiger partial charge >= 0.3 is 6.36 Å². The fourth-order valence-electron chi connectivity index (χ4n) is 1.12. The molecular weight excluding hydrogens is 265 g/mol. The molecule has 88 valence electrons. The highest BCUT2D eigenvalue weighted by molar-refractivity contribution is 7.22. The number of rotatable bonds is 1. The van der Waals surface area contributed by atoms with Crippen molar-refractivity contribution in [2.45, 2.75) is 6.36 Å². The van der Waals surface area contributed by atoms with Crippen molar-refractivity contribution in [2.75, 3.05) is 5.73 Å². The summed E-state index contributed by atoms with van der Waals surface area (Å²) in [6.45, 7) is 0. The molecule has 1 heterocycles. The largest absolute Gasteiger partial charge is 0.573 e. The fraction of sp³-hybridized carbons (Fsp3) is 0.125. The number of ether oxygens (including phenoxy) is 1. The first kappa shape index (κ1) is 12.9. The molecule has 0 unspecified atom stereocenters. The van der Waals surface area contributed by atoms with Gasteiger partial charge in [-0.3, -0.25) is 0 Å². The van der Waals surface area contributed by atoms with Crippen LogP contribution in [0.25, 0.3) is 10.2 Å². The third-order valence-corrected chi connectivity index (χ3v) is 2.46. The van der Waals surface area contributed by atoms with Gasteiger partial charge in [0.25, 0.3) is 0 Å². The van der Waals surface area contributed by atoms with Crippen LogP contribution in [0.2, 0.25) is 0 Å². The Hall–Kier alpha value is -1.21. The van der Waals surface area contributed by atoms with E-state index in [0.717, 1.165) is 11.3 Å². The van der Waals surface area contributed by atoms with Gasteiger partial charge < -0.3 is 10.5 Å². The molecule has 8 heteroatoms. The molecule has 1 aromatic heterocycles. The lowest BCUT2D eigenvalue weighted by Crippen LogP contribution is -2.16. The zero-order valence-corrected chi connectivity index (χ0v) is 9.25. The maximum atomic E-state index is 11.9. The van der Waals surface area contributed by atoms with E-state index in [0.29, 0.717) is 15.3 Å². The third-order valence-electron chi connectivity index (χ3n) is 1.61. The van der Waals surface area contributed by atoms with Crippen molar-refractivity contribution in [3.63, 3.8) is 0 Å². The van der Waals surface area contributed by atoms with Crippen LogP contribution in [0, 0.1) is 0 Å². The van der Waals surface area contributed by atoms with E-state index in [1.54, 1.807) is 0 Å². The summed E-state index contributed by atoms with van der Waals surface area (Å²) in [4.78, 5) is 3.91. The van der Waals surface area contributed by atoms with E-state index in [9.17, 15) is 13.2 Å². The van der Waals surface area contributed by atoms with Crippen LogP contribution in [0.4, 0.5) is 18.3 Å². The minimum atomic E-state index is -4.68. The van der Waals surface area contributed by atoms with Crippen LogP contribution in [0.3, 0.4) is 0 Å². The second-order valence-corrected chi connectivity index (χ2v) is 3.79. The number of nitrogens with zero attached hydrogens (tertiary/aromatic N) is 1. The number of halogens is 4. The number of fused-ring (bicyclic) bond motifs is 1. The predicted molar refractivity (Wildman–Crippen MR) is 58.0 cm³/mol. The van der Waals surface area contributed by atoms with Crippen molar-refractivity contribution in [3.05, 3.63) is 18.2 Å². The Morgan fingerprint density at radius 1 is 1.31 bits per heavy atom. The first-order valence-electron chi connectivity index (χ1n) is 3.86. The van der Waals surface area contributed by atoms with Crippen LogP contribution >= 0.6 is 23.7 Å². The van der Waals surface area contributed by atoms with Crippen LogP contribution in [-0.4, -0.2) is 11.3 Å². The number of thiazole rings is 1. The Bertz CT molecular complexity index is 499. The summed E-state index contributed by atoms with van der Waals surface area (Å²) in [5.41, 5.74) is 5.97. The molecule has 3 nitrogen and oxygen atoms in total. The lowest BCUT2D eigenvalue weighted by atomic mass is 10.3. The Morgan fingerprint density at radius 3 is 2.62 bits per heavy atom. The zero-order valence-electron chi connectivity index (χ0n) is 7.62. The summed E-state index contributed by atoms with van der Waals surface area (Å²) in [7, 11) is 0. The smallest absolute Gasteiger partial charge is 0.406 e. The molecule has 16 heavy (non-hydrogen) atoms. The number of nitrogen functional groups attached to an aromatic ring is 1.